The number of benzene rings is 4. The monoisotopic (exact) mass is 520 g/mol. The maximum absolute atomic E-state index is 13.2. The first kappa shape index (κ1) is 26.6. The van der Waals surface area contributed by atoms with Crippen LogP contribution in [-0.2, 0) is 6.42 Å². The average molecular weight is 521 g/mol. The van der Waals surface area contributed by atoms with E-state index in [9.17, 15) is 4.39 Å². The smallest absolute Gasteiger partial charge is 0.123 e. The molecule has 0 bridgehead atoms. The second-order valence-corrected chi connectivity index (χ2v) is 16.0. The van der Waals surface area contributed by atoms with Crippen molar-refractivity contribution in [1.82, 2.24) is 0 Å². The highest BCUT2D eigenvalue weighted by atomic mass is 28.3. The van der Waals surface area contributed by atoms with Crippen molar-refractivity contribution in [3.05, 3.63) is 115 Å². The standard InChI is InChI=1S/C36H41FSi/c1-2-3-7-26-38(36-8-5-4-6-9-36)27-24-30(25-28-38)11-10-29-12-14-31(15-13-29)32-16-18-33(19-17-32)34-20-22-35(37)23-21-34/h4-6,8-9,12-23,30H,2-3,7,10-11,24-28H2,1H3. The number of hydrogen-bond acceptors (Lipinski definition) is 0. The van der Waals surface area contributed by atoms with Gasteiger partial charge in [0.05, 0.1) is 8.07 Å². The zero-order valence-electron chi connectivity index (χ0n) is 22.8. The molecule has 0 atom stereocenters. The Bertz CT molecular complexity index is 1250. The molecule has 1 aliphatic heterocycles. The Balaban J connectivity index is 1.15. The molecule has 0 unspecified atom stereocenters. The fourth-order valence-electron chi connectivity index (χ4n) is 6.44. The Hall–Kier alpha value is -2.97. The van der Waals surface area contributed by atoms with E-state index in [4.69, 9.17) is 0 Å². The van der Waals surface area contributed by atoms with E-state index >= 15 is 0 Å². The van der Waals surface area contributed by atoms with Crippen molar-refractivity contribution in [3.8, 4) is 22.3 Å². The minimum Gasteiger partial charge on any atom is -0.207 e. The van der Waals surface area contributed by atoms with E-state index in [0.717, 1.165) is 17.0 Å². The second-order valence-electron chi connectivity index (χ2n) is 11.4. The summed E-state index contributed by atoms with van der Waals surface area (Å²) >= 11 is 0. The first-order chi connectivity index (χ1) is 18.6. The molecule has 1 fully saturated rings. The third-order valence-electron chi connectivity index (χ3n) is 8.90. The largest absolute Gasteiger partial charge is 0.207 e. The van der Waals surface area contributed by atoms with Crippen molar-refractivity contribution in [2.75, 3.05) is 0 Å². The van der Waals surface area contributed by atoms with Gasteiger partial charge in [-0.3, -0.25) is 0 Å². The van der Waals surface area contributed by atoms with Crippen molar-refractivity contribution >= 4 is 13.3 Å². The van der Waals surface area contributed by atoms with Crippen molar-refractivity contribution in [3.63, 3.8) is 0 Å². The third-order valence-corrected chi connectivity index (χ3v) is 14.3. The van der Waals surface area contributed by atoms with Crippen LogP contribution in [0.3, 0.4) is 0 Å². The summed E-state index contributed by atoms with van der Waals surface area (Å²) in [7, 11) is -1.34. The molecule has 0 nitrogen and oxygen atoms in total. The molecule has 38 heavy (non-hydrogen) atoms. The van der Waals surface area contributed by atoms with Gasteiger partial charge in [-0.1, -0.05) is 153 Å². The van der Waals surface area contributed by atoms with Gasteiger partial charge in [0.25, 0.3) is 0 Å². The Morgan fingerprint density at radius 1 is 0.658 bits per heavy atom. The topological polar surface area (TPSA) is 0 Å². The Morgan fingerprint density at radius 2 is 1.18 bits per heavy atom. The van der Waals surface area contributed by atoms with E-state index in [1.807, 2.05) is 12.1 Å². The molecule has 1 saturated heterocycles. The van der Waals surface area contributed by atoms with Crippen LogP contribution in [-0.4, -0.2) is 8.07 Å². The van der Waals surface area contributed by atoms with Crippen LogP contribution in [0, 0.1) is 11.7 Å². The summed E-state index contributed by atoms with van der Waals surface area (Å²) in [5.41, 5.74) is 6.09. The summed E-state index contributed by atoms with van der Waals surface area (Å²) in [4.78, 5) is 0. The highest BCUT2D eigenvalue weighted by molar-refractivity contribution is 6.92. The van der Waals surface area contributed by atoms with Crippen LogP contribution in [0.1, 0.15) is 51.0 Å². The zero-order valence-corrected chi connectivity index (χ0v) is 23.8. The lowest BCUT2D eigenvalue weighted by molar-refractivity contribution is 0.434. The van der Waals surface area contributed by atoms with E-state index in [2.05, 4.69) is 85.8 Å². The van der Waals surface area contributed by atoms with E-state index in [-0.39, 0.29) is 5.82 Å². The van der Waals surface area contributed by atoms with E-state index < -0.39 is 8.07 Å². The lowest BCUT2D eigenvalue weighted by atomic mass is 9.93. The van der Waals surface area contributed by atoms with Crippen molar-refractivity contribution < 1.29 is 4.39 Å². The maximum atomic E-state index is 13.2. The molecular weight excluding hydrogens is 479 g/mol. The summed E-state index contributed by atoms with van der Waals surface area (Å²) in [6.07, 6.45) is 9.48. The van der Waals surface area contributed by atoms with Gasteiger partial charge in [0.15, 0.2) is 0 Å². The number of unbranched alkanes of at least 4 members (excludes halogenated alkanes) is 2. The second kappa shape index (κ2) is 12.7. The summed E-state index contributed by atoms with van der Waals surface area (Å²) in [6.45, 7) is 2.33. The summed E-state index contributed by atoms with van der Waals surface area (Å²) in [5, 5.41) is 1.72. The number of halogens is 1. The van der Waals surface area contributed by atoms with E-state index in [1.54, 1.807) is 5.19 Å². The fourth-order valence-corrected chi connectivity index (χ4v) is 11.8. The summed E-state index contributed by atoms with van der Waals surface area (Å²) in [6, 6.07) is 40.5. The minimum absolute atomic E-state index is 0.196. The molecule has 0 N–H and O–H groups in total. The molecule has 0 saturated carbocycles. The fraction of sp³-hybridized carbons (Fsp3) is 0.333. The van der Waals surface area contributed by atoms with Gasteiger partial charge < -0.3 is 0 Å². The zero-order chi connectivity index (χ0) is 26.2. The van der Waals surface area contributed by atoms with Crippen LogP contribution < -0.4 is 5.19 Å². The van der Waals surface area contributed by atoms with E-state index in [1.165, 1.54) is 91.9 Å². The highest BCUT2D eigenvalue weighted by Crippen LogP contribution is 2.38. The van der Waals surface area contributed by atoms with Crippen LogP contribution >= 0.6 is 0 Å². The molecule has 0 amide bonds. The maximum Gasteiger partial charge on any atom is 0.123 e. The Morgan fingerprint density at radius 3 is 1.74 bits per heavy atom. The lowest BCUT2D eigenvalue weighted by Crippen LogP contribution is -2.50. The van der Waals surface area contributed by atoms with Gasteiger partial charge in [-0.2, -0.15) is 0 Å². The van der Waals surface area contributed by atoms with Crippen LogP contribution in [0.15, 0.2) is 103 Å². The Labute approximate surface area is 230 Å². The molecule has 4 aromatic rings. The molecule has 1 heterocycles. The van der Waals surface area contributed by atoms with Gasteiger partial charge in [-0.25, -0.2) is 4.39 Å². The SMILES string of the molecule is CCCCC[Si]1(c2ccccc2)CCC(CCc2ccc(-c3ccc(-c4ccc(F)cc4)cc3)cc2)CC1. The van der Waals surface area contributed by atoms with E-state index in [0.29, 0.717) is 0 Å². The summed E-state index contributed by atoms with van der Waals surface area (Å²) < 4.78 is 13.2. The predicted octanol–water partition coefficient (Wildman–Crippen LogP) is 10.0. The molecular formula is C36H41FSi. The quantitative estimate of drug-likeness (QED) is 0.144. The normalized spacial score (nSPS) is 19.4. The minimum atomic E-state index is -1.34. The van der Waals surface area contributed by atoms with Crippen LogP contribution in [0.25, 0.3) is 22.3 Å². The van der Waals surface area contributed by atoms with Gasteiger partial charge in [-0.15, -0.1) is 0 Å². The number of hydrogen-bond donors (Lipinski definition) is 0. The molecule has 1 aliphatic rings. The molecule has 0 aromatic heterocycles. The van der Waals surface area contributed by atoms with Crippen LogP contribution in [0.5, 0.6) is 0 Å². The third kappa shape index (κ3) is 6.53. The van der Waals surface area contributed by atoms with Gasteiger partial charge in [0.2, 0.25) is 0 Å². The number of rotatable bonds is 10. The Kier molecular flexibility index (Phi) is 8.91. The first-order valence-corrected chi connectivity index (χ1v) is 17.3. The van der Waals surface area contributed by atoms with Gasteiger partial charge in [0, 0.05) is 0 Å². The van der Waals surface area contributed by atoms with Gasteiger partial charge >= 0.3 is 0 Å². The van der Waals surface area contributed by atoms with Crippen LogP contribution in [0.2, 0.25) is 18.1 Å². The van der Waals surface area contributed by atoms with Crippen molar-refractivity contribution in [2.24, 2.45) is 5.92 Å². The summed E-state index contributed by atoms with van der Waals surface area (Å²) in [5.74, 6) is 0.683. The molecule has 5 rings (SSSR count). The average Bonchev–Trinajstić information content (AvgIpc) is 2.98. The molecule has 196 valence electrons. The highest BCUT2D eigenvalue weighted by Gasteiger charge is 2.38. The lowest BCUT2D eigenvalue weighted by Gasteiger charge is -2.39. The van der Waals surface area contributed by atoms with Crippen molar-refractivity contribution in [1.29, 1.82) is 0 Å². The number of aryl methyl sites for hydroxylation is 1. The molecule has 2 heteroatoms. The van der Waals surface area contributed by atoms with Crippen molar-refractivity contribution in [2.45, 2.75) is 70.0 Å². The predicted molar refractivity (Wildman–Crippen MR) is 164 cm³/mol. The van der Waals surface area contributed by atoms with Crippen LogP contribution in [0.4, 0.5) is 4.39 Å². The molecule has 0 aliphatic carbocycles. The van der Waals surface area contributed by atoms with Gasteiger partial charge in [0.1, 0.15) is 5.82 Å². The van der Waals surface area contributed by atoms with Gasteiger partial charge in [-0.05, 0) is 58.7 Å². The molecule has 0 radical (unpaired) electrons. The molecule has 0 spiro atoms. The first-order valence-electron chi connectivity index (χ1n) is 14.7. The molecule has 4 aromatic carbocycles.